The third-order valence-corrected chi connectivity index (χ3v) is 4.43. The van der Waals surface area contributed by atoms with Crippen LogP contribution in [0.2, 0.25) is 0 Å². The monoisotopic (exact) mass is 392 g/mol. The quantitative estimate of drug-likeness (QED) is 0.611. The Bertz CT molecular complexity index is 612. The summed E-state index contributed by atoms with van der Waals surface area (Å²) in [5, 5.41) is 0. The van der Waals surface area contributed by atoms with E-state index >= 15 is 0 Å². The van der Waals surface area contributed by atoms with Crippen molar-refractivity contribution in [1.29, 1.82) is 0 Å². The molecule has 0 heterocycles. The molecule has 2 aromatic carbocycles. The smallest absolute Gasteiger partial charge is 0.143 e. The van der Waals surface area contributed by atoms with Crippen molar-refractivity contribution in [3.8, 4) is 0 Å². The number of benzene rings is 2. The zero-order chi connectivity index (χ0) is 14.0. The van der Waals surface area contributed by atoms with Crippen molar-refractivity contribution < 1.29 is 13.2 Å². The van der Waals surface area contributed by atoms with Gasteiger partial charge in [0.25, 0.3) is 0 Å². The highest BCUT2D eigenvalue weighted by atomic mass is 79.9. The maximum Gasteiger partial charge on any atom is 0.143 e. The first-order valence-electron chi connectivity index (χ1n) is 5.56. The van der Waals surface area contributed by atoms with Gasteiger partial charge >= 0.3 is 0 Å². The van der Waals surface area contributed by atoms with Crippen LogP contribution in [-0.4, -0.2) is 0 Å². The minimum absolute atomic E-state index is 0.164. The normalized spacial score (nSPS) is 10.8. The van der Waals surface area contributed by atoms with Crippen LogP contribution in [0.3, 0.4) is 0 Å². The largest absolute Gasteiger partial charge is 0.206 e. The number of hydrogen-bond donors (Lipinski definition) is 0. The first-order chi connectivity index (χ1) is 9.00. The third-order valence-electron chi connectivity index (χ3n) is 2.81. The van der Waals surface area contributed by atoms with Gasteiger partial charge in [-0.2, -0.15) is 0 Å². The predicted molar refractivity (Wildman–Crippen MR) is 75.6 cm³/mol. The fraction of sp³-hybridized carbons (Fsp3) is 0.143. The van der Waals surface area contributed by atoms with Gasteiger partial charge in [0.2, 0.25) is 0 Å². The molecule has 0 atom stereocenters. The van der Waals surface area contributed by atoms with Gasteiger partial charge in [0.05, 0.1) is 8.95 Å². The second-order valence-corrected chi connectivity index (χ2v) is 5.63. The lowest BCUT2D eigenvalue weighted by molar-refractivity contribution is 0.560. The Morgan fingerprint density at radius 3 is 2.11 bits per heavy atom. The van der Waals surface area contributed by atoms with Crippen LogP contribution in [0, 0.1) is 17.5 Å². The lowest BCUT2D eigenvalue weighted by atomic mass is 10.0. The summed E-state index contributed by atoms with van der Waals surface area (Å²) in [5.74, 6) is -1.58. The van der Waals surface area contributed by atoms with Gasteiger partial charge in [-0.1, -0.05) is 18.2 Å². The molecule has 0 radical (unpaired) electrons. The van der Waals surface area contributed by atoms with Crippen molar-refractivity contribution in [2.24, 2.45) is 0 Å². The second-order valence-electron chi connectivity index (χ2n) is 4.05. The van der Waals surface area contributed by atoms with E-state index in [-0.39, 0.29) is 10.3 Å². The van der Waals surface area contributed by atoms with Gasteiger partial charge in [-0.25, -0.2) is 13.2 Å². The summed E-state index contributed by atoms with van der Waals surface area (Å²) in [4.78, 5) is 0. The summed E-state index contributed by atoms with van der Waals surface area (Å²) in [6.45, 7) is 0. The zero-order valence-corrected chi connectivity index (χ0v) is 12.9. The molecule has 0 N–H and O–H groups in total. The Morgan fingerprint density at radius 1 is 0.737 bits per heavy atom. The standard InChI is InChI=1S/C14H9Br2F3/c15-12-8(2-1-3-10(12)17)4-5-9-6-7-11(18)13(16)14(9)19/h1-3,6-7H,4-5H2. The van der Waals surface area contributed by atoms with E-state index < -0.39 is 11.6 Å². The Balaban J connectivity index is 2.20. The summed E-state index contributed by atoms with van der Waals surface area (Å²) in [7, 11) is 0. The van der Waals surface area contributed by atoms with E-state index in [4.69, 9.17) is 0 Å². The maximum absolute atomic E-state index is 13.8. The lowest BCUT2D eigenvalue weighted by Gasteiger charge is -2.07. The van der Waals surface area contributed by atoms with Gasteiger partial charge in [-0.05, 0) is 68.0 Å². The molecule has 0 aliphatic carbocycles. The van der Waals surface area contributed by atoms with Crippen LogP contribution in [-0.2, 0) is 12.8 Å². The Labute approximate surface area is 125 Å². The fourth-order valence-corrected chi connectivity index (χ4v) is 2.62. The van der Waals surface area contributed by atoms with E-state index in [9.17, 15) is 13.2 Å². The molecular formula is C14H9Br2F3. The van der Waals surface area contributed by atoms with Crippen molar-refractivity contribution in [1.82, 2.24) is 0 Å². The topological polar surface area (TPSA) is 0 Å². The fourth-order valence-electron chi connectivity index (χ4n) is 1.77. The van der Waals surface area contributed by atoms with E-state index in [0.717, 1.165) is 5.56 Å². The summed E-state index contributed by atoms with van der Waals surface area (Å²) < 4.78 is 40.4. The Kier molecular flexibility index (Phi) is 4.68. The molecule has 0 fully saturated rings. The molecule has 0 spiro atoms. The molecule has 19 heavy (non-hydrogen) atoms. The average molecular weight is 394 g/mol. The summed E-state index contributed by atoms with van der Waals surface area (Å²) in [6.07, 6.45) is 0.833. The molecule has 5 heteroatoms. The predicted octanol–water partition coefficient (Wildman–Crippen LogP) is 5.41. The van der Waals surface area contributed by atoms with Crippen LogP contribution in [0.25, 0.3) is 0 Å². The minimum Gasteiger partial charge on any atom is -0.206 e. The van der Waals surface area contributed by atoms with Gasteiger partial charge in [0.15, 0.2) is 0 Å². The van der Waals surface area contributed by atoms with E-state index in [0.29, 0.717) is 22.9 Å². The molecule has 100 valence electrons. The van der Waals surface area contributed by atoms with Crippen LogP contribution < -0.4 is 0 Å². The number of hydrogen-bond acceptors (Lipinski definition) is 0. The third kappa shape index (κ3) is 3.20. The van der Waals surface area contributed by atoms with Gasteiger partial charge in [-0.3, -0.25) is 0 Å². The molecule has 0 amide bonds. The lowest BCUT2D eigenvalue weighted by Crippen LogP contribution is -1.98. The Hall–Kier alpha value is -0.810. The SMILES string of the molecule is Fc1cccc(CCc2ccc(F)c(Br)c2F)c1Br. The first kappa shape index (κ1) is 14.6. The Morgan fingerprint density at radius 2 is 1.37 bits per heavy atom. The molecule has 0 aliphatic heterocycles. The van der Waals surface area contributed by atoms with E-state index in [1.54, 1.807) is 12.1 Å². The molecular weight excluding hydrogens is 385 g/mol. The number of rotatable bonds is 3. The molecule has 0 nitrogen and oxygen atoms in total. The van der Waals surface area contributed by atoms with Crippen molar-refractivity contribution >= 4 is 31.9 Å². The van der Waals surface area contributed by atoms with Crippen LogP contribution in [0.1, 0.15) is 11.1 Å². The molecule has 0 unspecified atom stereocenters. The van der Waals surface area contributed by atoms with Crippen molar-refractivity contribution in [2.75, 3.05) is 0 Å². The molecule has 0 bridgehead atoms. The summed E-state index contributed by atoms with van der Waals surface area (Å²) in [6, 6.07) is 7.34. The van der Waals surface area contributed by atoms with Gasteiger partial charge in [0.1, 0.15) is 17.5 Å². The average Bonchev–Trinajstić information content (AvgIpc) is 2.40. The highest BCUT2D eigenvalue weighted by Gasteiger charge is 2.12. The molecule has 0 aromatic heterocycles. The van der Waals surface area contributed by atoms with Gasteiger partial charge in [0, 0.05) is 0 Å². The molecule has 0 aliphatic rings. The molecule has 2 aromatic rings. The maximum atomic E-state index is 13.8. The second kappa shape index (κ2) is 6.09. The number of halogens is 5. The zero-order valence-electron chi connectivity index (χ0n) is 9.69. The van der Waals surface area contributed by atoms with E-state index in [1.807, 2.05) is 0 Å². The van der Waals surface area contributed by atoms with E-state index in [2.05, 4.69) is 31.9 Å². The van der Waals surface area contributed by atoms with Crippen LogP contribution >= 0.6 is 31.9 Å². The van der Waals surface area contributed by atoms with Crippen LogP contribution in [0.5, 0.6) is 0 Å². The van der Waals surface area contributed by atoms with E-state index in [1.165, 1.54) is 18.2 Å². The highest BCUT2D eigenvalue weighted by Crippen LogP contribution is 2.25. The van der Waals surface area contributed by atoms with Gasteiger partial charge in [-0.15, -0.1) is 0 Å². The highest BCUT2D eigenvalue weighted by molar-refractivity contribution is 9.10. The summed E-state index contributed by atoms with van der Waals surface area (Å²) >= 11 is 6.02. The summed E-state index contributed by atoms with van der Waals surface area (Å²) in [5.41, 5.74) is 1.14. The van der Waals surface area contributed by atoms with Crippen molar-refractivity contribution in [3.63, 3.8) is 0 Å². The van der Waals surface area contributed by atoms with Crippen LogP contribution in [0.4, 0.5) is 13.2 Å². The molecule has 0 saturated carbocycles. The number of aryl methyl sites for hydroxylation is 2. The first-order valence-corrected chi connectivity index (χ1v) is 7.14. The van der Waals surface area contributed by atoms with Crippen molar-refractivity contribution in [3.05, 3.63) is 67.9 Å². The minimum atomic E-state index is -0.631. The molecule has 2 rings (SSSR count). The van der Waals surface area contributed by atoms with Crippen molar-refractivity contribution in [2.45, 2.75) is 12.8 Å². The van der Waals surface area contributed by atoms with Gasteiger partial charge < -0.3 is 0 Å². The van der Waals surface area contributed by atoms with Crippen LogP contribution in [0.15, 0.2) is 39.3 Å². The molecule has 0 saturated heterocycles.